The van der Waals surface area contributed by atoms with E-state index in [0.29, 0.717) is 11.3 Å². The number of aryl methyl sites for hydroxylation is 1. The molecule has 0 atom stereocenters. The van der Waals surface area contributed by atoms with Crippen LogP contribution in [0.5, 0.6) is 0 Å². The van der Waals surface area contributed by atoms with Gasteiger partial charge in [0.25, 0.3) is 0 Å². The Morgan fingerprint density at radius 2 is 2.09 bits per heavy atom. The van der Waals surface area contributed by atoms with Crippen molar-refractivity contribution in [3.8, 4) is 11.1 Å². The van der Waals surface area contributed by atoms with Gasteiger partial charge in [0, 0.05) is 29.8 Å². The minimum absolute atomic E-state index is 0.315. The highest BCUT2D eigenvalue weighted by Gasteiger charge is 2.08. The van der Waals surface area contributed by atoms with Crippen LogP contribution >= 0.6 is 0 Å². The third kappa shape index (κ3) is 2.85. The van der Waals surface area contributed by atoms with Gasteiger partial charge in [0.05, 0.1) is 6.20 Å². The molecule has 0 aliphatic heterocycles. The zero-order chi connectivity index (χ0) is 15.5. The van der Waals surface area contributed by atoms with Crippen molar-refractivity contribution in [3.63, 3.8) is 0 Å². The van der Waals surface area contributed by atoms with Gasteiger partial charge in [-0.1, -0.05) is 6.07 Å². The van der Waals surface area contributed by atoms with Crippen molar-refractivity contribution in [2.75, 3.05) is 5.32 Å². The van der Waals surface area contributed by atoms with E-state index in [1.54, 1.807) is 24.5 Å². The Labute approximate surface area is 126 Å². The van der Waals surface area contributed by atoms with E-state index in [1.807, 2.05) is 13.0 Å². The predicted molar refractivity (Wildman–Crippen MR) is 81.0 cm³/mol. The van der Waals surface area contributed by atoms with Crippen molar-refractivity contribution >= 4 is 11.7 Å². The molecular formula is C16H13FN4O. The Bertz CT molecular complexity index is 815. The summed E-state index contributed by atoms with van der Waals surface area (Å²) in [6.45, 7) is 1.92. The smallest absolute Gasteiger partial charge is 0.307 e. The molecular weight excluding hydrogens is 283 g/mol. The molecule has 22 heavy (non-hydrogen) atoms. The van der Waals surface area contributed by atoms with Crippen LogP contribution in [-0.4, -0.2) is 20.6 Å². The minimum Gasteiger partial charge on any atom is -0.307 e. The summed E-state index contributed by atoms with van der Waals surface area (Å²) in [6, 6.07) is 6.55. The predicted octanol–water partition coefficient (Wildman–Crippen LogP) is 3.47. The first-order chi connectivity index (χ1) is 10.6. The molecule has 3 aromatic rings. The number of pyridine rings is 1. The molecule has 3 rings (SSSR count). The molecule has 0 aliphatic rings. The average Bonchev–Trinajstić information content (AvgIpc) is 3.03. The van der Waals surface area contributed by atoms with E-state index < -0.39 is 5.82 Å². The number of amides is 1. The van der Waals surface area contributed by atoms with Crippen molar-refractivity contribution < 1.29 is 9.18 Å². The normalized spacial score (nSPS) is 10.5. The van der Waals surface area contributed by atoms with E-state index in [4.69, 9.17) is 0 Å². The van der Waals surface area contributed by atoms with Gasteiger partial charge >= 0.3 is 6.03 Å². The van der Waals surface area contributed by atoms with Gasteiger partial charge in [-0.15, -0.1) is 0 Å². The summed E-state index contributed by atoms with van der Waals surface area (Å²) in [5.41, 5.74) is 3.06. The van der Waals surface area contributed by atoms with Crippen molar-refractivity contribution in [2.45, 2.75) is 6.92 Å². The third-order valence-corrected chi connectivity index (χ3v) is 3.24. The second kappa shape index (κ2) is 5.77. The zero-order valence-electron chi connectivity index (χ0n) is 11.8. The summed E-state index contributed by atoms with van der Waals surface area (Å²) < 4.78 is 14.7. The largest absolute Gasteiger partial charge is 0.331 e. The van der Waals surface area contributed by atoms with E-state index in [9.17, 15) is 9.18 Å². The molecule has 2 aromatic heterocycles. The van der Waals surface area contributed by atoms with Gasteiger partial charge < -0.3 is 5.32 Å². The molecule has 1 N–H and O–H groups in total. The van der Waals surface area contributed by atoms with Gasteiger partial charge in [-0.3, -0.25) is 9.55 Å². The fourth-order valence-corrected chi connectivity index (χ4v) is 2.14. The van der Waals surface area contributed by atoms with E-state index in [2.05, 4.69) is 15.3 Å². The number of carbonyl (C=O) groups excluding carboxylic acids is 1. The molecule has 1 amide bonds. The van der Waals surface area contributed by atoms with Gasteiger partial charge in [-0.2, -0.15) is 0 Å². The molecule has 0 aliphatic carbocycles. The molecule has 0 fully saturated rings. The number of hydrogen-bond acceptors (Lipinski definition) is 3. The van der Waals surface area contributed by atoms with Crippen LogP contribution in [0.25, 0.3) is 11.1 Å². The summed E-state index contributed by atoms with van der Waals surface area (Å²) in [5, 5.41) is 2.77. The lowest BCUT2D eigenvalue weighted by Gasteiger charge is -2.10. The summed E-state index contributed by atoms with van der Waals surface area (Å²) in [4.78, 5) is 19.7. The average molecular weight is 296 g/mol. The molecule has 0 bridgehead atoms. The highest BCUT2D eigenvalue weighted by Crippen LogP contribution is 2.26. The van der Waals surface area contributed by atoms with Gasteiger partial charge in [0.2, 0.25) is 0 Å². The number of benzene rings is 1. The number of imidazole rings is 1. The molecule has 0 unspecified atom stereocenters. The summed E-state index contributed by atoms with van der Waals surface area (Å²) in [5.74, 6) is -0.398. The van der Waals surface area contributed by atoms with Crippen LogP contribution in [0.4, 0.5) is 14.9 Å². The minimum atomic E-state index is -0.398. The van der Waals surface area contributed by atoms with E-state index in [-0.39, 0.29) is 6.03 Å². The maximum atomic E-state index is 13.3. The molecule has 2 heterocycles. The van der Waals surface area contributed by atoms with Crippen LogP contribution < -0.4 is 5.32 Å². The monoisotopic (exact) mass is 296 g/mol. The molecule has 0 radical (unpaired) electrons. The Kier molecular flexibility index (Phi) is 3.65. The first-order valence-corrected chi connectivity index (χ1v) is 6.64. The summed E-state index contributed by atoms with van der Waals surface area (Å²) in [7, 11) is 0. The number of nitrogens with one attached hydrogen (secondary N) is 1. The van der Waals surface area contributed by atoms with E-state index in [1.165, 1.54) is 23.2 Å². The van der Waals surface area contributed by atoms with Crippen molar-refractivity contribution in [1.29, 1.82) is 0 Å². The summed E-state index contributed by atoms with van der Waals surface area (Å²) in [6.07, 6.45) is 7.25. The third-order valence-electron chi connectivity index (χ3n) is 3.24. The molecule has 110 valence electrons. The maximum Gasteiger partial charge on any atom is 0.331 e. The van der Waals surface area contributed by atoms with Crippen LogP contribution in [0.2, 0.25) is 0 Å². The lowest BCUT2D eigenvalue weighted by Crippen LogP contribution is -2.17. The molecule has 0 saturated heterocycles. The maximum absolute atomic E-state index is 13.3. The van der Waals surface area contributed by atoms with Gasteiger partial charge in [-0.25, -0.2) is 14.2 Å². The second-order valence-corrected chi connectivity index (χ2v) is 4.82. The molecule has 1 aromatic carbocycles. The number of carbonyl (C=O) groups is 1. The Morgan fingerprint density at radius 1 is 1.23 bits per heavy atom. The van der Waals surface area contributed by atoms with Gasteiger partial charge in [0.15, 0.2) is 0 Å². The standard InChI is InChI=1S/C16H13FN4O/c1-11-2-3-14(20-16(22)21-5-4-18-10-21)7-15(11)12-6-13(17)9-19-8-12/h2-10H,1H3,(H,20,22). The van der Waals surface area contributed by atoms with Gasteiger partial charge in [-0.05, 0) is 36.2 Å². The Hall–Kier alpha value is -3.02. The number of aromatic nitrogens is 3. The van der Waals surface area contributed by atoms with Crippen molar-refractivity contribution in [3.05, 3.63) is 66.8 Å². The fraction of sp³-hybridized carbons (Fsp3) is 0.0625. The molecule has 0 saturated carbocycles. The Balaban J connectivity index is 1.91. The van der Waals surface area contributed by atoms with Crippen LogP contribution in [-0.2, 0) is 0 Å². The fourth-order valence-electron chi connectivity index (χ4n) is 2.14. The zero-order valence-corrected chi connectivity index (χ0v) is 11.8. The van der Waals surface area contributed by atoms with Gasteiger partial charge in [0.1, 0.15) is 12.1 Å². The second-order valence-electron chi connectivity index (χ2n) is 4.82. The van der Waals surface area contributed by atoms with E-state index >= 15 is 0 Å². The number of hydrogen-bond donors (Lipinski definition) is 1. The molecule has 0 spiro atoms. The van der Waals surface area contributed by atoms with Crippen LogP contribution in [0.3, 0.4) is 0 Å². The first-order valence-electron chi connectivity index (χ1n) is 6.64. The molecule has 5 nitrogen and oxygen atoms in total. The van der Waals surface area contributed by atoms with Crippen LogP contribution in [0.15, 0.2) is 55.4 Å². The highest BCUT2D eigenvalue weighted by atomic mass is 19.1. The van der Waals surface area contributed by atoms with Crippen LogP contribution in [0.1, 0.15) is 5.56 Å². The van der Waals surface area contributed by atoms with Crippen molar-refractivity contribution in [2.24, 2.45) is 0 Å². The summed E-state index contributed by atoms with van der Waals surface area (Å²) >= 11 is 0. The number of nitrogens with zero attached hydrogens (tertiary/aromatic N) is 3. The number of rotatable bonds is 2. The lowest BCUT2D eigenvalue weighted by atomic mass is 10.0. The SMILES string of the molecule is Cc1ccc(NC(=O)n2ccnc2)cc1-c1cncc(F)c1. The quantitative estimate of drug-likeness (QED) is 0.787. The number of anilines is 1. The molecule has 6 heteroatoms. The van der Waals surface area contributed by atoms with Crippen LogP contribution in [0, 0.1) is 12.7 Å². The van der Waals surface area contributed by atoms with Crippen molar-refractivity contribution in [1.82, 2.24) is 14.5 Å². The first kappa shape index (κ1) is 13.9. The topological polar surface area (TPSA) is 59.8 Å². The van der Waals surface area contributed by atoms with E-state index in [0.717, 1.165) is 17.3 Å². The lowest BCUT2D eigenvalue weighted by molar-refractivity contribution is 0.253. The number of halogens is 1. The highest BCUT2D eigenvalue weighted by molar-refractivity contribution is 5.91. The Morgan fingerprint density at radius 3 is 2.82 bits per heavy atom.